The maximum absolute atomic E-state index is 12.9. The average molecular weight is 253 g/mol. The summed E-state index contributed by atoms with van der Waals surface area (Å²) in [6.07, 6.45) is 4.30. The summed E-state index contributed by atoms with van der Waals surface area (Å²) in [5.41, 5.74) is -0.154. The number of hydrogen-bond acceptors (Lipinski definition) is 4. The van der Waals surface area contributed by atoms with Gasteiger partial charge in [0.1, 0.15) is 10.8 Å². The molecule has 0 bridgehead atoms. The van der Waals surface area contributed by atoms with Crippen LogP contribution < -0.4 is 0 Å². The van der Waals surface area contributed by atoms with Crippen molar-refractivity contribution in [1.29, 1.82) is 0 Å². The van der Waals surface area contributed by atoms with E-state index in [0.717, 1.165) is 28.9 Å². The Morgan fingerprint density at radius 3 is 2.88 bits per heavy atom. The number of aromatic carboxylic acids is 1. The predicted molar refractivity (Wildman–Crippen MR) is 58.5 cm³/mol. The van der Waals surface area contributed by atoms with Gasteiger partial charge in [-0.1, -0.05) is 11.8 Å². The van der Waals surface area contributed by atoms with Crippen LogP contribution >= 0.6 is 11.8 Å². The minimum absolute atomic E-state index is 0.154. The lowest BCUT2D eigenvalue weighted by atomic mass is 10.3. The second-order valence-electron chi connectivity index (χ2n) is 3.26. The molecule has 0 saturated carbocycles. The molecule has 7 heteroatoms. The molecule has 17 heavy (non-hydrogen) atoms. The predicted octanol–water partition coefficient (Wildman–Crippen LogP) is 1.80. The number of carboxylic acids is 1. The van der Waals surface area contributed by atoms with Crippen LogP contribution in [0.4, 0.5) is 4.39 Å². The third-order valence-electron chi connectivity index (χ3n) is 1.94. The van der Waals surface area contributed by atoms with Crippen LogP contribution in [0.15, 0.2) is 34.6 Å². The van der Waals surface area contributed by atoms with E-state index in [-0.39, 0.29) is 10.6 Å². The molecule has 2 heterocycles. The summed E-state index contributed by atoms with van der Waals surface area (Å²) in [6.45, 7) is 0. The second-order valence-corrected chi connectivity index (χ2v) is 4.33. The monoisotopic (exact) mass is 253 g/mol. The highest BCUT2D eigenvalue weighted by Gasteiger charge is 2.14. The van der Waals surface area contributed by atoms with Gasteiger partial charge in [-0.2, -0.15) is 5.10 Å². The van der Waals surface area contributed by atoms with Crippen LogP contribution in [0.2, 0.25) is 0 Å². The van der Waals surface area contributed by atoms with Crippen molar-refractivity contribution in [3.05, 3.63) is 36.0 Å². The molecule has 0 aromatic carbocycles. The quantitative estimate of drug-likeness (QED) is 0.903. The van der Waals surface area contributed by atoms with Gasteiger partial charge >= 0.3 is 5.97 Å². The number of rotatable bonds is 3. The lowest BCUT2D eigenvalue weighted by Crippen LogP contribution is -2.01. The number of pyridine rings is 1. The van der Waals surface area contributed by atoms with Gasteiger partial charge in [0.05, 0.1) is 22.9 Å². The number of carboxylic acid groups (broad SMARTS) is 1. The second kappa shape index (κ2) is 4.54. The fourth-order valence-corrected chi connectivity index (χ4v) is 2.11. The SMILES string of the molecule is Cn1cc(Sc2ncc(F)cc2C(=O)O)cn1. The molecule has 2 rings (SSSR count). The highest BCUT2D eigenvalue weighted by Crippen LogP contribution is 2.28. The molecule has 0 spiro atoms. The van der Waals surface area contributed by atoms with Gasteiger partial charge in [0, 0.05) is 13.2 Å². The summed E-state index contributed by atoms with van der Waals surface area (Å²) >= 11 is 1.13. The van der Waals surface area contributed by atoms with E-state index >= 15 is 0 Å². The third-order valence-corrected chi connectivity index (χ3v) is 2.91. The van der Waals surface area contributed by atoms with E-state index in [9.17, 15) is 9.18 Å². The highest BCUT2D eigenvalue weighted by atomic mass is 32.2. The van der Waals surface area contributed by atoms with Crippen molar-refractivity contribution >= 4 is 17.7 Å². The van der Waals surface area contributed by atoms with Crippen LogP contribution in [0.3, 0.4) is 0 Å². The Morgan fingerprint density at radius 2 is 2.29 bits per heavy atom. The van der Waals surface area contributed by atoms with Gasteiger partial charge in [0.15, 0.2) is 0 Å². The molecule has 5 nitrogen and oxygen atoms in total. The summed E-state index contributed by atoms with van der Waals surface area (Å²) in [4.78, 5) is 15.4. The van der Waals surface area contributed by atoms with Crippen molar-refractivity contribution in [3.8, 4) is 0 Å². The van der Waals surface area contributed by atoms with E-state index in [4.69, 9.17) is 5.11 Å². The summed E-state index contributed by atoms with van der Waals surface area (Å²) in [7, 11) is 1.75. The van der Waals surface area contributed by atoms with Gasteiger partial charge in [-0.05, 0) is 6.07 Å². The Kier molecular flexibility index (Phi) is 3.10. The first kappa shape index (κ1) is 11.6. The molecule has 0 atom stereocenters. The fraction of sp³-hybridized carbons (Fsp3) is 0.100. The van der Waals surface area contributed by atoms with Crippen molar-refractivity contribution in [2.24, 2.45) is 7.05 Å². The number of carbonyl (C=O) groups is 1. The van der Waals surface area contributed by atoms with Crippen LogP contribution in [0.25, 0.3) is 0 Å². The Morgan fingerprint density at radius 1 is 1.53 bits per heavy atom. The molecule has 88 valence electrons. The molecule has 2 aromatic rings. The zero-order chi connectivity index (χ0) is 12.4. The Labute approximate surface area is 100 Å². The first-order valence-electron chi connectivity index (χ1n) is 4.61. The normalized spacial score (nSPS) is 10.5. The van der Waals surface area contributed by atoms with E-state index in [2.05, 4.69) is 10.1 Å². The van der Waals surface area contributed by atoms with Gasteiger partial charge in [-0.25, -0.2) is 14.2 Å². The number of hydrogen-bond donors (Lipinski definition) is 1. The molecule has 0 unspecified atom stereocenters. The van der Waals surface area contributed by atoms with E-state index in [0.29, 0.717) is 0 Å². The highest BCUT2D eigenvalue weighted by molar-refractivity contribution is 7.99. The average Bonchev–Trinajstić information content (AvgIpc) is 2.66. The van der Waals surface area contributed by atoms with Gasteiger partial charge in [0.25, 0.3) is 0 Å². The van der Waals surface area contributed by atoms with E-state index < -0.39 is 11.8 Å². The number of halogens is 1. The zero-order valence-corrected chi connectivity index (χ0v) is 9.61. The van der Waals surface area contributed by atoms with Crippen molar-refractivity contribution in [3.63, 3.8) is 0 Å². The molecule has 0 saturated heterocycles. The first-order chi connectivity index (χ1) is 8.06. The van der Waals surface area contributed by atoms with Crippen molar-refractivity contribution in [1.82, 2.24) is 14.8 Å². The van der Waals surface area contributed by atoms with Gasteiger partial charge in [0.2, 0.25) is 0 Å². The minimum atomic E-state index is -1.21. The molecule has 2 aromatic heterocycles. The molecule has 0 aliphatic carbocycles. The summed E-state index contributed by atoms with van der Waals surface area (Å²) < 4.78 is 14.5. The third kappa shape index (κ3) is 2.62. The van der Waals surface area contributed by atoms with Gasteiger partial charge in [-0.15, -0.1) is 0 Å². The van der Waals surface area contributed by atoms with Crippen LogP contribution in [-0.4, -0.2) is 25.8 Å². The summed E-state index contributed by atoms with van der Waals surface area (Å²) in [6, 6.07) is 0.952. The lowest BCUT2D eigenvalue weighted by molar-refractivity contribution is 0.0691. The lowest BCUT2D eigenvalue weighted by Gasteiger charge is -2.02. The van der Waals surface area contributed by atoms with Gasteiger partial charge < -0.3 is 5.11 Å². The molecule has 0 fully saturated rings. The molecular formula is C10H8FN3O2S. The molecule has 0 aliphatic heterocycles. The fourth-order valence-electron chi connectivity index (χ4n) is 1.22. The van der Waals surface area contributed by atoms with Crippen molar-refractivity contribution < 1.29 is 14.3 Å². The molecule has 1 N–H and O–H groups in total. The maximum atomic E-state index is 12.9. The standard InChI is InChI=1S/C10H8FN3O2S/c1-14-5-7(4-13-14)17-9-8(10(15)16)2-6(11)3-12-9/h2-5H,1H3,(H,15,16). The number of aromatic nitrogens is 3. The Balaban J connectivity index is 2.35. The molecule has 0 amide bonds. The number of aryl methyl sites for hydroxylation is 1. The first-order valence-corrected chi connectivity index (χ1v) is 5.43. The van der Waals surface area contributed by atoms with Crippen LogP contribution in [0.5, 0.6) is 0 Å². The largest absolute Gasteiger partial charge is 0.478 e. The van der Waals surface area contributed by atoms with Crippen molar-refractivity contribution in [2.45, 2.75) is 9.92 Å². The molecular weight excluding hydrogens is 245 g/mol. The van der Waals surface area contributed by atoms with Crippen molar-refractivity contribution in [2.75, 3.05) is 0 Å². The number of nitrogens with zero attached hydrogens (tertiary/aromatic N) is 3. The van der Waals surface area contributed by atoms with E-state index in [1.807, 2.05) is 0 Å². The Bertz CT molecular complexity index is 570. The van der Waals surface area contributed by atoms with Crippen LogP contribution in [-0.2, 0) is 7.05 Å². The zero-order valence-electron chi connectivity index (χ0n) is 8.79. The van der Waals surface area contributed by atoms with Gasteiger partial charge in [-0.3, -0.25) is 4.68 Å². The Hall–Kier alpha value is -1.89. The van der Waals surface area contributed by atoms with Crippen LogP contribution in [0.1, 0.15) is 10.4 Å². The maximum Gasteiger partial charge on any atom is 0.338 e. The smallest absolute Gasteiger partial charge is 0.338 e. The minimum Gasteiger partial charge on any atom is -0.478 e. The topological polar surface area (TPSA) is 68.0 Å². The molecule has 0 radical (unpaired) electrons. The van der Waals surface area contributed by atoms with E-state index in [1.165, 1.54) is 0 Å². The van der Waals surface area contributed by atoms with E-state index in [1.54, 1.807) is 24.1 Å². The summed E-state index contributed by atoms with van der Waals surface area (Å²) in [5, 5.41) is 13.1. The van der Waals surface area contributed by atoms with Crippen LogP contribution in [0, 0.1) is 5.82 Å². The summed E-state index contributed by atoms with van der Waals surface area (Å²) in [5.74, 6) is -1.87. The molecule has 0 aliphatic rings.